The predicted molar refractivity (Wildman–Crippen MR) is 78.1 cm³/mol. The maximum Gasteiger partial charge on any atom is 0.198 e. The molecule has 0 aliphatic carbocycles. The number of nitrogen functional groups attached to an aromatic ring is 1. The zero-order valence-electron chi connectivity index (χ0n) is 13.9. The van der Waals surface area contributed by atoms with Crippen molar-refractivity contribution in [2.24, 2.45) is 4.99 Å². The first kappa shape index (κ1) is 7.63. The molecule has 0 aliphatic rings. The van der Waals surface area contributed by atoms with Crippen LogP contribution in [0.1, 0.15) is 11.0 Å². The largest absolute Gasteiger partial charge is 0.494 e. The molecule has 1 heterocycles. The Morgan fingerprint density at radius 3 is 2.74 bits per heavy atom. The molecule has 0 amide bonds. The van der Waals surface area contributed by atoms with Gasteiger partial charge < -0.3 is 15.8 Å². The fourth-order valence-electron chi connectivity index (χ4n) is 1.79. The summed E-state index contributed by atoms with van der Waals surface area (Å²) in [4.78, 5) is 6.85. The molecule has 4 nitrogen and oxygen atoms in total. The summed E-state index contributed by atoms with van der Waals surface area (Å²) in [5.41, 5.74) is 6.33. The predicted octanol–water partition coefficient (Wildman–Crippen LogP) is 3.21. The second-order valence-corrected chi connectivity index (χ2v) is 3.95. The minimum atomic E-state index is -0.332. The number of para-hydroxylation sites is 1. The van der Waals surface area contributed by atoms with Crippen LogP contribution >= 0.6 is 0 Å². The van der Waals surface area contributed by atoms with Crippen molar-refractivity contribution in [1.29, 1.82) is 0 Å². The molecule has 0 bridgehead atoms. The third kappa shape index (κ3) is 2.15. The van der Waals surface area contributed by atoms with Crippen LogP contribution in [0.25, 0.3) is 10.9 Å². The van der Waals surface area contributed by atoms with Crippen LogP contribution < -0.4 is 5.73 Å². The van der Waals surface area contributed by atoms with Gasteiger partial charge in [-0.15, -0.1) is 0 Å². The number of nitrogens with two attached hydrogens (primary N) is 1. The van der Waals surface area contributed by atoms with E-state index in [9.17, 15) is 5.11 Å². The fourth-order valence-corrected chi connectivity index (χ4v) is 1.79. The molecule has 0 spiro atoms. The van der Waals surface area contributed by atoms with Crippen LogP contribution in [-0.2, 0) is 0 Å². The van der Waals surface area contributed by atoms with E-state index >= 15 is 0 Å². The lowest BCUT2D eigenvalue weighted by molar-refractivity contribution is 0.457. The lowest BCUT2D eigenvalue weighted by atomic mass is 10.2. The molecule has 94 valence electrons. The van der Waals surface area contributed by atoms with Crippen molar-refractivity contribution in [3.63, 3.8) is 0 Å². The zero-order chi connectivity index (χ0) is 16.7. The lowest BCUT2D eigenvalue weighted by Crippen LogP contribution is -1.82. The molecule has 0 saturated carbocycles. The smallest absolute Gasteiger partial charge is 0.198 e. The Morgan fingerprint density at radius 1 is 1.21 bits per heavy atom. The Labute approximate surface area is 115 Å². The third-order valence-corrected chi connectivity index (χ3v) is 2.68. The van der Waals surface area contributed by atoms with Crippen molar-refractivity contribution in [3.05, 3.63) is 54.0 Å². The number of fused-ring (bicyclic) bond motifs is 1. The van der Waals surface area contributed by atoms with Crippen LogP contribution in [0, 0.1) is 0 Å². The molecular weight excluding hydrogens is 238 g/mol. The number of H-pyrrole nitrogens is 1. The standard InChI is InChI=1S/C15H13N3O/c16-10-5-7-11(8-6-10)17-9-13-12-3-1-2-4-14(12)18-15(13)19/h1-9,18-19H,16H2/i5D,6D,7D,8D. The van der Waals surface area contributed by atoms with Gasteiger partial charge in [-0.25, -0.2) is 0 Å². The SMILES string of the molecule is [2H]c1c([2H])c(N=Cc2c(O)[nH]c3ccccc23)c([2H])c([2H])c1N. The number of aromatic amines is 1. The highest BCUT2D eigenvalue weighted by atomic mass is 16.3. The molecule has 4 heteroatoms. The van der Waals surface area contributed by atoms with Crippen molar-refractivity contribution in [3.8, 4) is 5.88 Å². The molecule has 0 unspecified atom stereocenters. The number of aromatic hydroxyl groups is 1. The van der Waals surface area contributed by atoms with Crippen LogP contribution in [-0.4, -0.2) is 16.3 Å². The molecular formula is C15H13N3O. The van der Waals surface area contributed by atoms with Gasteiger partial charge in [0.1, 0.15) is 0 Å². The van der Waals surface area contributed by atoms with E-state index in [1.54, 1.807) is 12.1 Å². The Kier molecular flexibility index (Phi) is 1.81. The average Bonchev–Trinajstić information content (AvgIpc) is 2.87. The molecule has 3 rings (SSSR count). The number of nitrogens with zero attached hydrogens (tertiary/aromatic N) is 1. The van der Waals surface area contributed by atoms with Gasteiger partial charge in [0.05, 0.1) is 16.7 Å². The number of hydrogen-bond acceptors (Lipinski definition) is 3. The number of benzene rings is 2. The van der Waals surface area contributed by atoms with Gasteiger partial charge in [0.15, 0.2) is 5.88 Å². The van der Waals surface area contributed by atoms with Gasteiger partial charge in [-0.05, 0) is 30.2 Å². The van der Waals surface area contributed by atoms with E-state index < -0.39 is 0 Å². The molecule has 0 fully saturated rings. The third-order valence-electron chi connectivity index (χ3n) is 2.68. The summed E-state index contributed by atoms with van der Waals surface area (Å²) < 4.78 is 31.1. The van der Waals surface area contributed by atoms with Crippen LogP contribution in [0.5, 0.6) is 5.88 Å². The molecule has 3 aromatic rings. The van der Waals surface area contributed by atoms with E-state index in [4.69, 9.17) is 11.2 Å². The Balaban J connectivity index is 2.15. The average molecular weight is 255 g/mol. The van der Waals surface area contributed by atoms with Crippen molar-refractivity contribution in [2.45, 2.75) is 0 Å². The Morgan fingerprint density at radius 2 is 1.95 bits per heavy atom. The van der Waals surface area contributed by atoms with Crippen molar-refractivity contribution >= 4 is 28.5 Å². The van der Waals surface area contributed by atoms with E-state index in [0.29, 0.717) is 5.56 Å². The molecule has 2 aromatic carbocycles. The van der Waals surface area contributed by atoms with Crippen LogP contribution in [0.4, 0.5) is 11.4 Å². The van der Waals surface area contributed by atoms with Gasteiger partial charge in [0.2, 0.25) is 0 Å². The molecule has 1 aromatic heterocycles. The molecule has 0 atom stereocenters. The van der Waals surface area contributed by atoms with E-state index in [0.717, 1.165) is 10.9 Å². The summed E-state index contributed by atoms with van der Waals surface area (Å²) in [5.74, 6) is -0.0827. The monoisotopic (exact) mass is 255 g/mol. The first-order valence-corrected chi connectivity index (χ1v) is 5.61. The molecule has 0 saturated heterocycles. The van der Waals surface area contributed by atoms with Gasteiger partial charge >= 0.3 is 0 Å². The van der Waals surface area contributed by atoms with Crippen molar-refractivity contribution < 1.29 is 10.6 Å². The quantitative estimate of drug-likeness (QED) is 0.486. The van der Waals surface area contributed by atoms with Gasteiger partial charge in [-0.1, -0.05) is 18.2 Å². The summed E-state index contributed by atoms with van der Waals surface area (Å²) in [5, 5.41) is 10.7. The summed E-state index contributed by atoms with van der Waals surface area (Å²) >= 11 is 0. The highest BCUT2D eigenvalue weighted by molar-refractivity contribution is 6.02. The second-order valence-electron chi connectivity index (χ2n) is 3.95. The van der Waals surface area contributed by atoms with Gasteiger partial charge in [-0.3, -0.25) is 4.99 Å². The summed E-state index contributed by atoms with van der Waals surface area (Å²) in [6.45, 7) is 0. The molecule has 0 aliphatic heterocycles. The number of rotatable bonds is 2. The molecule has 19 heavy (non-hydrogen) atoms. The van der Waals surface area contributed by atoms with Crippen molar-refractivity contribution in [1.82, 2.24) is 4.98 Å². The van der Waals surface area contributed by atoms with Gasteiger partial charge in [0, 0.05) is 22.8 Å². The highest BCUT2D eigenvalue weighted by Crippen LogP contribution is 2.26. The van der Waals surface area contributed by atoms with E-state index in [-0.39, 0.29) is 41.4 Å². The first-order valence-electron chi connectivity index (χ1n) is 7.61. The van der Waals surface area contributed by atoms with Crippen LogP contribution in [0.2, 0.25) is 0 Å². The number of anilines is 1. The Bertz CT molecular complexity index is 921. The maximum atomic E-state index is 9.97. The fraction of sp³-hybridized carbons (Fsp3) is 0. The number of aliphatic imine (C=N–C) groups is 1. The number of nitrogens with one attached hydrogen (secondary N) is 1. The minimum Gasteiger partial charge on any atom is -0.494 e. The topological polar surface area (TPSA) is 74.4 Å². The molecule has 4 N–H and O–H groups in total. The lowest BCUT2D eigenvalue weighted by Gasteiger charge is -1.95. The van der Waals surface area contributed by atoms with E-state index in [2.05, 4.69) is 9.98 Å². The second kappa shape index (κ2) is 4.49. The van der Waals surface area contributed by atoms with Gasteiger partial charge in [0.25, 0.3) is 0 Å². The summed E-state index contributed by atoms with van der Waals surface area (Å²) in [6.07, 6.45) is 1.31. The van der Waals surface area contributed by atoms with E-state index in [1.807, 2.05) is 12.1 Å². The number of hydrogen-bond donors (Lipinski definition) is 3. The highest BCUT2D eigenvalue weighted by Gasteiger charge is 2.07. The van der Waals surface area contributed by atoms with Crippen LogP contribution in [0.15, 0.2) is 53.4 Å². The normalized spacial score (nSPS) is 14.3. The van der Waals surface area contributed by atoms with E-state index in [1.165, 1.54) is 6.21 Å². The number of aromatic nitrogens is 1. The van der Waals surface area contributed by atoms with Gasteiger partial charge in [-0.2, -0.15) is 0 Å². The first-order chi connectivity index (χ1) is 10.9. The summed E-state index contributed by atoms with van der Waals surface area (Å²) in [7, 11) is 0. The van der Waals surface area contributed by atoms with Crippen molar-refractivity contribution in [2.75, 3.05) is 5.73 Å². The maximum absolute atomic E-state index is 9.97. The molecule has 0 radical (unpaired) electrons. The zero-order valence-corrected chi connectivity index (χ0v) is 9.86. The van der Waals surface area contributed by atoms with Crippen LogP contribution in [0.3, 0.4) is 0 Å². The Hall–Kier alpha value is -2.75. The summed E-state index contributed by atoms with van der Waals surface area (Å²) in [6, 6.07) is 5.92. The minimum absolute atomic E-state index is 0.0827.